The molecular weight excluding hydrogens is 386 g/mol. The van der Waals surface area contributed by atoms with Crippen molar-refractivity contribution < 1.29 is 18.8 Å². The van der Waals surface area contributed by atoms with Gasteiger partial charge in [-0.3, -0.25) is 9.59 Å². The van der Waals surface area contributed by atoms with Crippen LogP contribution in [-0.4, -0.2) is 38.3 Å². The van der Waals surface area contributed by atoms with Crippen molar-refractivity contribution in [2.24, 2.45) is 21.9 Å². The molecule has 164 valence electrons. The molecule has 2 fully saturated rings. The number of Topliss-reactive ketones (excluding diaryl/α,β-unsaturated/α-hetero) is 1. The summed E-state index contributed by atoms with van der Waals surface area (Å²) in [5.41, 5.74) is 7.90. The predicted octanol–water partition coefficient (Wildman–Crippen LogP) is 5.40. The van der Waals surface area contributed by atoms with Crippen LogP contribution in [0.15, 0.2) is 5.11 Å². The summed E-state index contributed by atoms with van der Waals surface area (Å²) in [7, 11) is -2.09. The maximum Gasteiger partial charge on any atom is 0.311 e. The molecule has 2 aliphatic rings. The summed E-state index contributed by atoms with van der Waals surface area (Å²) in [5, 5.41) is 3.79. The van der Waals surface area contributed by atoms with Crippen LogP contribution < -0.4 is 0 Å². The zero-order chi connectivity index (χ0) is 22.4. The Morgan fingerprint density at radius 2 is 1.83 bits per heavy atom. The van der Waals surface area contributed by atoms with Gasteiger partial charge >= 0.3 is 5.97 Å². The molecule has 0 unspecified atom stereocenters. The van der Waals surface area contributed by atoms with Gasteiger partial charge in [-0.05, 0) is 50.9 Å². The standard InChI is InChI=1S/C21H37N3O4Si/c1-19(2,3)18(26)27-16-11-17(28-29(8,9)20(4,5)6)21(7)12-14(23-24-22)15(25)10-13(16)21/h13-14,16-17H,10-12H2,1-9H3/t13-,14+,16+,17+,21+/m1/s1. The lowest BCUT2D eigenvalue weighted by Crippen LogP contribution is -2.51. The van der Waals surface area contributed by atoms with Crippen molar-refractivity contribution in [1.82, 2.24) is 0 Å². The molecule has 0 aromatic rings. The highest BCUT2D eigenvalue weighted by atomic mass is 28.4. The molecule has 0 spiro atoms. The van der Waals surface area contributed by atoms with E-state index in [9.17, 15) is 9.59 Å². The summed E-state index contributed by atoms with van der Waals surface area (Å²) in [5.74, 6) is -0.460. The van der Waals surface area contributed by atoms with Crippen molar-refractivity contribution in [2.45, 2.75) is 104 Å². The van der Waals surface area contributed by atoms with E-state index in [1.165, 1.54) is 0 Å². The average molecular weight is 424 g/mol. The Balaban J connectivity index is 2.39. The highest BCUT2D eigenvalue weighted by Crippen LogP contribution is 2.56. The van der Waals surface area contributed by atoms with Gasteiger partial charge in [-0.2, -0.15) is 0 Å². The first-order valence-corrected chi connectivity index (χ1v) is 13.4. The number of ether oxygens (including phenoxy) is 1. The maximum atomic E-state index is 12.6. The topological polar surface area (TPSA) is 101 Å². The van der Waals surface area contributed by atoms with E-state index in [2.05, 4.69) is 50.8 Å². The minimum atomic E-state index is -2.09. The molecule has 0 bridgehead atoms. The molecule has 8 heteroatoms. The highest BCUT2D eigenvalue weighted by Gasteiger charge is 2.60. The molecule has 2 rings (SSSR count). The van der Waals surface area contributed by atoms with Crippen LogP contribution >= 0.6 is 0 Å². The van der Waals surface area contributed by atoms with E-state index in [4.69, 9.17) is 14.7 Å². The summed E-state index contributed by atoms with van der Waals surface area (Å²) >= 11 is 0. The van der Waals surface area contributed by atoms with Gasteiger partial charge in [0.2, 0.25) is 0 Å². The summed E-state index contributed by atoms with van der Waals surface area (Å²) in [6, 6.07) is -0.677. The smallest absolute Gasteiger partial charge is 0.311 e. The Hall–Kier alpha value is -1.37. The van der Waals surface area contributed by atoms with Crippen LogP contribution in [0.25, 0.3) is 10.4 Å². The van der Waals surface area contributed by atoms with Crippen molar-refractivity contribution in [1.29, 1.82) is 0 Å². The molecule has 2 aliphatic carbocycles. The third-order valence-electron chi connectivity index (χ3n) is 7.21. The minimum Gasteiger partial charge on any atom is -0.462 e. The van der Waals surface area contributed by atoms with Gasteiger partial charge in [-0.25, -0.2) is 0 Å². The number of hydrogen-bond donors (Lipinski definition) is 0. The van der Waals surface area contributed by atoms with Gasteiger partial charge in [0, 0.05) is 29.1 Å². The van der Waals surface area contributed by atoms with Crippen molar-refractivity contribution in [3.8, 4) is 0 Å². The van der Waals surface area contributed by atoms with Gasteiger partial charge in [0.1, 0.15) is 11.9 Å². The number of carbonyl (C=O) groups is 2. The molecule has 0 aromatic heterocycles. The van der Waals surface area contributed by atoms with Crippen LogP contribution in [0, 0.1) is 16.7 Å². The molecule has 7 nitrogen and oxygen atoms in total. The number of fused-ring (bicyclic) bond motifs is 1. The predicted molar refractivity (Wildman–Crippen MR) is 115 cm³/mol. The Morgan fingerprint density at radius 3 is 2.31 bits per heavy atom. The van der Waals surface area contributed by atoms with Gasteiger partial charge < -0.3 is 9.16 Å². The molecule has 0 aromatic carbocycles. The van der Waals surface area contributed by atoms with Crippen LogP contribution in [0.4, 0.5) is 0 Å². The molecule has 0 radical (unpaired) electrons. The van der Waals surface area contributed by atoms with Gasteiger partial charge in [0.25, 0.3) is 0 Å². The maximum absolute atomic E-state index is 12.6. The summed E-state index contributed by atoms with van der Waals surface area (Å²) in [4.78, 5) is 28.1. The van der Waals surface area contributed by atoms with E-state index in [1.807, 2.05) is 20.8 Å². The quantitative estimate of drug-likeness (QED) is 0.198. The second-order valence-corrected chi connectivity index (χ2v) is 16.3. The molecule has 29 heavy (non-hydrogen) atoms. The fourth-order valence-corrected chi connectivity index (χ4v) is 5.60. The van der Waals surface area contributed by atoms with E-state index in [1.54, 1.807) is 0 Å². The highest BCUT2D eigenvalue weighted by molar-refractivity contribution is 6.74. The Bertz CT molecular complexity index is 718. The van der Waals surface area contributed by atoms with E-state index < -0.39 is 19.8 Å². The summed E-state index contributed by atoms with van der Waals surface area (Å²) in [6.45, 7) is 18.6. The van der Waals surface area contributed by atoms with Crippen LogP contribution in [0.1, 0.15) is 67.7 Å². The van der Waals surface area contributed by atoms with Crippen molar-refractivity contribution in [3.63, 3.8) is 0 Å². The second-order valence-electron chi connectivity index (χ2n) is 11.5. The van der Waals surface area contributed by atoms with Gasteiger partial charge in [-0.1, -0.05) is 32.8 Å². The van der Waals surface area contributed by atoms with E-state index in [0.717, 1.165) is 0 Å². The number of hydrogen-bond acceptors (Lipinski definition) is 5. The SMILES string of the molecule is CC(C)(C)C(=O)O[C@H]1C[C@H](O[Si](C)(C)C(C)(C)C)[C@@]2(C)C[C@H](N=[N+]=[N-])C(=O)C[C@H]12. The number of ketones is 1. The van der Waals surface area contributed by atoms with E-state index in [-0.39, 0.29) is 46.8 Å². The molecule has 0 aliphatic heterocycles. The molecule has 0 heterocycles. The fourth-order valence-electron chi connectivity index (χ4n) is 4.17. The molecular formula is C21H37N3O4Si. The number of esters is 1. The number of azide groups is 1. The molecule has 2 saturated carbocycles. The Kier molecular flexibility index (Phi) is 6.35. The number of carbonyl (C=O) groups excluding carboxylic acids is 2. The first-order valence-electron chi connectivity index (χ1n) is 10.5. The molecule has 5 atom stereocenters. The third kappa shape index (κ3) is 4.70. The first-order chi connectivity index (χ1) is 13.0. The van der Waals surface area contributed by atoms with Gasteiger partial charge in [0.05, 0.1) is 17.6 Å². The fraction of sp³-hybridized carbons (Fsp3) is 0.905. The largest absolute Gasteiger partial charge is 0.462 e. The lowest BCUT2D eigenvalue weighted by molar-refractivity contribution is -0.163. The normalized spacial score (nSPS) is 33.1. The second kappa shape index (κ2) is 7.71. The molecule has 0 amide bonds. The third-order valence-corrected chi connectivity index (χ3v) is 11.7. The lowest BCUT2D eigenvalue weighted by atomic mass is 9.66. The van der Waals surface area contributed by atoms with Crippen LogP contribution in [0.3, 0.4) is 0 Å². The van der Waals surface area contributed by atoms with E-state index in [0.29, 0.717) is 12.8 Å². The van der Waals surface area contributed by atoms with Crippen molar-refractivity contribution in [2.75, 3.05) is 0 Å². The summed E-state index contributed by atoms with van der Waals surface area (Å²) in [6.07, 6.45) is 0.752. The molecule has 0 saturated heterocycles. The molecule has 0 N–H and O–H groups in total. The lowest BCUT2D eigenvalue weighted by Gasteiger charge is -2.46. The first kappa shape index (κ1) is 23.9. The van der Waals surface area contributed by atoms with Gasteiger partial charge in [-0.15, -0.1) is 0 Å². The van der Waals surface area contributed by atoms with Crippen LogP contribution in [0.2, 0.25) is 18.1 Å². The average Bonchev–Trinajstić information content (AvgIpc) is 2.78. The van der Waals surface area contributed by atoms with Crippen LogP contribution in [-0.2, 0) is 18.8 Å². The zero-order valence-electron chi connectivity index (χ0n) is 19.4. The Labute approximate surface area is 175 Å². The number of rotatable bonds is 4. The van der Waals surface area contributed by atoms with E-state index >= 15 is 0 Å². The van der Waals surface area contributed by atoms with Crippen molar-refractivity contribution >= 4 is 20.1 Å². The van der Waals surface area contributed by atoms with Crippen molar-refractivity contribution in [3.05, 3.63) is 10.4 Å². The zero-order valence-corrected chi connectivity index (χ0v) is 20.4. The number of nitrogens with zero attached hydrogens (tertiary/aromatic N) is 3. The summed E-state index contributed by atoms with van der Waals surface area (Å²) < 4.78 is 12.7. The monoisotopic (exact) mass is 423 g/mol. The minimum absolute atomic E-state index is 0.0354. The Morgan fingerprint density at radius 1 is 1.24 bits per heavy atom. The van der Waals surface area contributed by atoms with Crippen LogP contribution in [0.5, 0.6) is 0 Å². The van der Waals surface area contributed by atoms with Gasteiger partial charge in [0.15, 0.2) is 8.32 Å².